The van der Waals surface area contributed by atoms with Crippen LogP contribution in [0.25, 0.3) is 0 Å². The molecule has 0 unspecified atom stereocenters. The summed E-state index contributed by atoms with van der Waals surface area (Å²) >= 11 is 1.45. The van der Waals surface area contributed by atoms with Gasteiger partial charge >= 0.3 is 0 Å². The molecule has 0 spiro atoms. The molecule has 26 heavy (non-hydrogen) atoms. The Balaban J connectivity index is 2.64. The largest absolute Gasteiger partial charge is 0.350 e. The van der Waals surface area contributed by atoms with Gasteiger partial charge in [-0.2, -0.15) is 0 Å². The molecule has 0 aromatic carbocycles. The smallest absolute Gasteiger partial charge is 0.270 e. The van der Waals surface area contributed by atoms with E-state index >= 15 is 0 Å². The number of hydrogen-bond donors (Lipinski definition) is 1. The first-order chi connectivity index (χ1) is 12.3. The van der Waals surface area contributed by atoms with E-state index in [1.807, 2.05) is 4.90 Å². The average molecular weight is 382 g/mol. The standard InChI is InChI=1S/C20H35N3O2S/c1-6-7-8-9-10-19(24)23(12-16(4)5)13-18-22-17(14-26-18)20(25)21-11-15(2)3/h14-16H,6-13H2,1-5H3,(H,21,25). The van der Waals surface area contributed by atoms with Crippen LogP contribution in [-0.4, -0.2) is 34.8 Å². The lowest BCUT2D eigenvalue weighted by Crippen LogP contribution is -2.33. The van der Waals surface area contributed by atoms with E-state index in [0.29, 0.717) is 37.0 Å². The predicted molar refractivity (Wildman–Crippen MR) is 108 cm³/mol. The van der Waals surface area contributed by atoms with Gasteiger partial charge in [-0.3, -0.25) is 9.59 Å². The molecule has 148 valence electrons. The lowest BCUT2D eigenvalue weighted by Gasteiger charge is -2.23. The molecule has 1 rings (SSSR count). The van der Waals surface area contributed by atoms with Crippen LogP contribution in [0.4, 0.5) is 0 Å². The molecule has 0 aliphatic carbocycles. The average Bonchev–Trinajstić information content (AvgIpc) is 3.04. The normalized spacial score (nSPS) is 11.2. The summed E-state index contributed by atoms with van der Waals surface area (Å²) in [7, 11) is 0. The molecule has 0 radical (unpaired) electrons. The minimum absolute atomic E-state index is 0.137. The van der Waals surface area contributed by atoms with E-state index in [-0.39, 0.29) is 11.8 Å². The van der Waals surface area contributed by atoms with Crippen molar-refractivity contribution < 1.29 is 9.59 Å². The van der Waals surface area contributed by atoms with Crippen molar-refractivity contribution in [2.75, 3.05) is 13.1 Å². The van der Waals surface area contributed by atoms with Crippen LogP contribution in [0.1, 0.15) is 82.2 Å². The van der Waals surface area contributed by atoms with Crippen LogP contribution in [0.2, 0.25) is 0 Å². The van der Waals surface area contributed by atoms with Crippen LogP contribution in [0.5, 0.6) is 0 Å². The Morgan fingerprint density at radius 2 is 1.88 bits per heavy atom. The molecule has 2 amide bonds. The first-order valence-corrected chi connectivity index (χ1v) is 10.7. The van der Waals surface area contributed by atoms with Gasteiger partial charge in [-0.15, -0.1) is 11.3 Å². The van der Waals surface area contributed by atoms with Crippen LogP contribution < -0.4 is 5.32 Å². The lowest BCUT2D eigenvalue weighted by atomic mass is 10.1. The number of aromatic nitrogens is 1. The Morgan fingerprint density at radius 3 is 2.50 bits per heavy atom. The van der Waals surface area contributed by atoms with Crippen LogP contribution in [0.3, 0.4) is 0 Å². The third kappa shape index (κ3) is 8.79. The highest BCUT2D eigenvalue weighted by Crippen LogP contribution is 2.16. The van der Waals surface area contributed by atoms with Gasteiger partial charge in [0.25, 0.3) is 5.91 Å². The molecule has 5 nitrogen and oxygen atoms in total. The number of nitrogens with zero attached hydrogens (tertiary/aromatic N) is 2. The second-order valence-electron chi connectivity index (χ2n) is 7.71. The van der Waals surface area contributed by atoms with E-state index in [4.69, 9.17) is 0 Å². The van der Waals surface area contributed by atoms with Crippen molar-refractivity contribution in [3.05, 3.63) is 16.1 Å². The fourth-order valence-corrected chi connectivity index (χ4v) is 3.38. The molecule has 0 atom stereocenters. The maximum absolute atomic E-state index is 12.6. The number of carbonyl (C=O) groups is 2. The van der Waals surface area contributed by atoms with E-state index in [1.54, 1.807) is 5.38 Å². The summed E-state index contributed by atoms with van der Waals surface area (Å²) in [4.78, 5) is 31.0. The Kier molecular flexibility index (Phi) is 10.5. The first kappa shape index (κ1) is 22.6. The lowest BCUT2D eigenvalue weighted by molar-refractivity contribution is -0.132. The quantitative estimate of drug-likeness (QED) is 0.543. The summed E-state index contributed by atoms with van der Waals surface area (Å²) in [6.45, 7) is 12.4. The minimum Gasteiger partial charge on any atom is -0.350 e. The van der Waals surface area contributed by atoms with Crippen LogP contribution in [0.15, 0.2) is 5.38 Å². The zero-order valence-electron chi connectivity index (χ0n) is 17.0. The molecule has 0 aliphatic rings. The van der Waals surface area contributed by atoms with Crippen molar-refractivity contribution in [3.63, 3.8) is 0 Å². The number of nitrogens with one attached hydrogen (secondary N) is 1. The van der Waals surface area contributed by atoms with E-state index in [9.17, 15) is 9.59 Å². The number of hydrogen-bond acceptors (Lipinski definition) is 4. The van der Waals surface area contributed by atoms with Gasteiger partial charge in [0.15, 0.2) is 0 Å². The number of unbranched alkanes of at least 4 members (excludes halogenated alkanes) is 3. The number of carbonyl (C=O) groups excluding carboxylic acids is 2. The van der Waals surface area contributed by atoms with Crippen molar-refractivity contribution in [1.29, 1.82) is 0 Å². The fraction of sp³-hybridized carbons (Fsp3) is 0.750. The molecule has 1 heterocycles. The maximum Gasteiger partial charge on any atom is 0.270 e. The summed E-state index contributed by atoms with van der Waals surface area (Å²) in [5.74, 6) is 0.866. The summed E-state index contributed by atoms with van der Waals surface area (Å²) in [6, 6.07) is 0. The van der Waals surface area contributed by atoms with E-state index < -0.39 is 0 Å². The topological polar surface area (TPSA) is 62.3 Å². The Hall–Kier alpha value is -1.43. The van der Waals surface area contributed by atoms with Gasteiger partial charge in [0.05, 0.1) is 6.54 Å². The van der Waals surface area contributed by atoms with Crippen molar-refractivity contribution >= 4 is 23.2 Å². The molecule has 0 fully saturated rings. The number of amides is 2. The number of thiazole rings is 1. The minimum atomic E-state index is -0.137. The van der Waals surface area contributed by atoms with E-state index in [1.165, 1.54) is 24.2 Å². The molecule has 0 saturated heterocycles. The third-order valence-electron chi connectivity index (χ3n) is 3.96. The SMILES string of the molecule is CCCCCCC(=O)N(Cc1nc(C(=O)NCC(C)C)cs1)CC(C)C. The Bertz CT molecular complexity index is 555. The highest BCUT2D eigenvalue weighted by molar-refractivity contribution is 7.09. The Labute approximate surface area is 162 Å². The summed E-state index contributed by atoms with van der Waals surface area (Å²) < 4.78 is 0. The van der Waals surface area contributed by atoms with Crippen molar-refractivity contribution in [2.24, 2.45) is 11.8 Å². The fourth-order valence-electron chi connectivity index (χ4n) is 2.59. The Morgan fingerprint density at radius 1 is 1.15 bits per heavy atom. The van der Waals surface area contributed by atoms with Crippen molar-refractivity contribution in [3.8, 4) is 0 Å². The maximum atomic E-state index is 12.6. The van der Waals surface area contributed by atoms with Gasteiger partial charge in [-0.1, -0.05) is 53.9 Å². The molecule has 1 aromatic heterocycles. The van der Waals surface area contributed by atoms with Gasteiger partial charge in [0, 0.05) is 24.9 Å². The molecule has 0 bridgehead atoms. The van der Waals surface area contributed by atoms with Crippen LogP contribution >= 0.6 is 11.3 Å². The van der Waals surface area contributed by atoms with Gasteiger partial charge < -0.3 is 10.2 Å². The molecular formula is C20H35N3O2S. The zero-order chi connectivity index (χ0) is 19.5. The van der Waals surface area contributed by atoms with Crippen LogP contribution in [0, 0.1) is 11.8 Å². The summed E-state index contributed by atoms with van der Waals surface area (Å²) in [6.07, 6.45) is 5.00. The molecule has 6 heteroatoms. The van der Waals surface area contributed by atoms with Gasteiger partial charge in [0.1, 0.15) is 10.7 Å². The van der Waals surface area contributed by atoms with Gasteiger partial charge in [0.2, 0.25) is 5.91 Å². The summed E-state index contributed by atoms with van der Waals surface area (Å²) in [5, 5.41) is 5.49. The monoisotopic (exact) mass is 381 g/mol. The highest BCUT2D eigenvalue weighted by atomic mass is 32.1. The molecular weight excluding hydrogens is 346 g/mol. The van der Waals surface area contributed by atoms with Gasteiger partial charge in [-0.25, -0.2) is 4.98 Å². The van der Waals surface area contributed by atoms with Crippen LogP contribution in [-0.2, 0) is 11.3 Å². The number of rotatable bonds is 12. The first-order valence-electron chi connectivity index (χ1n) is 9.83. The second-order valence-corrected chi connectivity index (χ2v) is 8.65. The van der Waals surface area contributed by atoms with E-state index in [2.05, 4.69) is 44.9 Å². The highest BCUT2D eigenvalue weighted by Gasteiger charge is 2.18. The van der Waals surface area contributed by atoms with Crippen molar-refractivity contribution in [1.82, 2.24) is 15.2 Å². The molecule has 1 N–H and O–H groups in total. The third-order valence-corrected chi connectivity index (χ3v) is 4.80. The molecule has 0 aliphatic heterocycles. The van der Waals surface area contributed by atoms with Crippen molar-refractivity contribution in [2.45, 2.75) is 73.3 Å². The summed E-state index contributed by atoms with van der Waals surface area (Å²) in [5.41, 5.74) is 0.450. The van der Waals surface area contributed by atoms with Gasteiger partial charge in [-0.05, 0) is 18.3 Å². The zero-order valence-corrected chi connectivity index (χ0v) is 17.8. The predicted octanol–water partition coefficient (Wildman–Crippen LogP) is 4.48. The van der Waals surface area contributed by atoms with E-state index in [0.717, 1.165) is 24.4 Å². The molecule has 1 aromatic rings. The molecule has 0 saturated carbocycles. The second kappa shape index (κ2) is 12.0.